The van der Waals surface area contributed by atoms with E-state index in [1.165, 1.54) is 4.90 Å². The Balaban J connectivity index is 1.53. The van der Waals surface area contributed by atoms with Gasteiger partial charge in [-0.15, -0.1) is 0 Å². The fraction of sp³-hybridized carbons (Fsp3) is 0.400. The molecule has 0 spiro atoms. The molecule has 1 saturated heterocycles. The number of hydrogen-bond acceptors (Lipinski definition) is 4. The molecule has 2 unspecified atom stereocenters. The van der Waals surface area contributed by atoms with Gasteiger partial charge in [0.25, 0.3) is 5.91 Å². The second-order valence-electron chi connectivity index (χ2n) is 8.82. The molecule has 6 nitrogen and oxygen atoms in total. The molecule has 1 saturated carbocycles. The van der Waals surface area contributed by atoms with Gasteiger partial charge in [0.1, 0.15) is 5.54 Å². The van der Waals surface area contributed by atoms with Crippen LogP contribution < -0.4 is 5.32 Å². The third kappa shape index (κ3) is 4.24. The van der Waals surface area contributed by atoms with Crippen LogP contribution in [-0.2, 0) is 21.6 Å². The number of carbonyl (C=O) groups excluding carboxylic acids is 2. The van der Waals surface area contributed by atoms with Gasteiger partial charge >= 0.3 is 0 Å². The van der Waals surface area contributed by atoms with Gasteiger partial charge in [-0.1, -0.05) is 52.7 Å². The first-order valence-electron chi connectivity index (χ1n) is 10.9. The Bertz CT molecular complexity index is 1060. The molecule has 32 heavy (non-hydrogen) atoms. The van der Waals surface area contributed by atoms with E-state index in [4.69, 9.17) is 10.1 Å². The highest BCUT2D eigenvalue weighted by molar-refractivity contribution is 9.10. The lowest BCUT2D eigenvalue weighted by Crippen LogP contribution is -2.40. The van der Waals surface area contributed by atoms with E-state index in [9.17, 15) is 9.59 Å². The molecule has 7 heteroatoms. The smallest absolute Gasteiger partial charge is 0.259 e. The van der Waals surface area contributed by atoms with E-state index < -0.39 is 5.54 Å². The number of rotatable bonds is 7. The normalized spacial score (nSPS) is 25.3. The van der Waals surface area contributed by atoms with Crippen molar-refractivity contribution in [2.45, 2.75) is 38.3 Å². The lowest BCUT2D eigenvalue weighted by atomic mass is 9.88. The molecule has 1 heterocycles. The van der Waals surface area contributed by atoms with Crippen molar-refractivity contribution in [3.63, 3.8) is 0 Å². The van der Waals surface area contributed by atoms with Crippen LogP contribution >= 0.6 is 15.9 Å². The minimum Gasteiger partial charge on any atom is -0.384 e. The van der Waals surface area contributed by atoms with Gasteiger partial charge in [-0.3, -0.25) is 19.9 Å². The lowest BCUT2D eigenvalue weighted by molar-refractivity contribution is -0.131. The molecule has 4 rings (SSSR count). The standard InChI is InChI=1S/C25H28BrN3O3/c1-25(19-9-5-10-20(26)13-19)23(31)29(24(27)28-25)14-16-6-3-7-17(12-16)22(30)21-11-4-8-18(21)15-32-2/h3,5-7,9-10,12-13,18,21H,4,8,11,14-15H2,1-2H3,(H2,27,28)/t18-,21?,25?/m1/s1. The number of benzene rings is 2. The third-order valence-electron chi connectivity index (χ3n) is 6.64. The number of nitrogens with zero attached hydrogens (tertiary/aromatic N) is 1. The first-order chi connectivity index (χ1) is 15.3. The second kappa shape index (κ2) is 9.16. The summed E-state index contributed by atoms with van der Waals surface area (Å²) in [6.07, 6.45) is 2.95. The van der Waals surface area contributed by atoms with Gasteiger partial charge in [0, 0.05) is 29.7 Å². The quantitative estimate of drug-likeness (QED) is 0.552. The third-order valence-corrected chi connectivity index (χ3v) is 7.14. The summed E-state index contributed by atoms with van der Waals surface area (Å²) in [4.78, 5) is 27.9. The number of hydrogen-bond donors (Lipinski definition) is 2. The first-order valence-corrected chi connectivity index (χ1v) is 11.7. The minimum atomic E-state index is -1.01. The molecule has 3 atom stereocenters. The zero-order chi connectivity index (χ0) is 22.9. The Kier molecular flexibility index (Phi) is 6.49. The zero-order valence-electron chi connectivity index (χ0n) is 18.4. The number of amides is 1. The van der Waals surface area contributed by atoms with Gasteiger partial charge in [-0.2, -0.15) is 0 Å². The van der Waals surface area contributed by atoms with E-state index in [2.05, 4.69) is 21.2 Å². The first kappa shape index (κ1) is 22.7. The van der Waals surface area contributed by atoms with Gasteiger partial charge < -0.3 is 10.1 Å². The molecule has 0 radical (unpaired) electrons. The summed E-state index contributed by atoms with van der Waals surface area (Å²) < 4.78 is 6.19. The van der Waals surface area contributed by atoms with Crippen molar-refractivity contribution in [1.82, 2.24) is 10.2 Å². The van der Waals surface area contributed by atoms with Crippen LogP contribution in [0.2, 0.25) is 0 Å². The SMILES string of the molecule is COC[C@H]1CCCC1C(=O)c1cccc(CN2C(=N)NC(C)(c3cccc(Br)c3)C2=O)c1. The van der Waals surface area contributed by atoms with E-state index >= 15 is 0 Å². The molecule has 168 valence electrons. The van der Waals surface area contributed by atoms with Crippen molar-refractivity contribution >= 4 is 33.6 Å². The highest BCUT2D eigenvalue weighted by Gasteiger charge is 2.47. The summed E-state index contributed by atoms with van der Waals surface area (Å²) in [7, 11) is 1.68. The molecular weight excluding hydrogens is 470 g/mol. The lowest BCUT2D eigenvalue weighted by Gasteiger charge is -2.23. The number of guanidine groups is 1. The van der Waals surface area contributed by atoms with E-state index in [-0.39, 0.29) is 36.0 Å². The van der Waals surface area contributed by atoms with Crippen molar-refractivity contribution in [3.05, 3.63) is 69.7 Å². The van der Waals surface area contributed by atoms with Crippen molar-refractivity contribution < 1.29 is 14.3 Å². The van der Waals surface area contributed by atoms with Crippen LogP contribution in [0, 0.1) is 17.2 Å². The highest BCUT2D eigenvalue weighted by atomic mass is 79.9. The average molecular weight is 498 g/mol. The summed E-state index contributed by atoms with van der Waals surface area (Å²) >= 11 is 3.45. The molecule has 2 aliphatic rings. The van der Waals surface area contributed by atoms with Crippen molar-refractivity contribution in [3.8, 4) is 0 Å². The number of carbonyl (C=O) groups is 2. The maximum absolute atomic E-state index is 13.3. The molecule has 2 fully saturated rings. The predicted molar refractivity (Wildman–Crippen MR) is 126 cm³/mol. The van der Waals surface area contributed by atoms with E-state index in [0.29, 0.717) is 12.2 Å². The summed E-state index contributed by atoms with van der Waals surface area (Å²) in [6, 6.07) is 15.0. The van der Waals surface area contributed by atoms with Gasteiger partial charge in [0.2, 0.25) is 0 Å². The Hall–Kier alpha value is -2.51. The molecule has 0 bridgehead atoms. The Morgan fingerprint density at radius 2 is 2.03 bits per heavy atom. The molecule has 2 aromatic carbocycles. The molecular formula is C25H28BrN3O3. The van der Waals surface area contributed by atoms with Crippen molar-refractivity contribution in [2.75, 3.05) is 13.7 Å². The van der Waals surface area contributed by atoms with Gasteiger partial charge in [0.05, 0.1) is 6.54 Å². The topological polar surface area (TPSA) is 82.5 Å². The van der Waals surface area contributed by atoms with Crippen molar-refractivity contribution in [1.29, 1.82) is 5.41 Å². The predicted octanol–water partition coefficient (Wildman–Crippen LogP) is 4.48. The Morgan fingerprint density at radius 1 is 1.25 bits per heavy atom. The van der Waals surface area contributed by atoms with Gasteiger partial charge in [0.15, 0.2) is 11.7 Å². The number of nitrogens with one attached hydrogen (secondary N) is 2. The van der Waals surface area contributed by atoms with Crippen LogP contribution in [0.1, 0.15) is 47.7 Å². The maximum Gasteiger partial charge on any atom is 0.259 e. The monoisotopic (exact) mass is 497 g/mol. The maximum atomic E-state index is 13.3. The zero-order valence-corrected chi connectivity index (χ0v) is 19.9. The summed E-state index contributed by atoms with van der Waals surface area (Å²) in [5.74, 6) is 0.266. The van der Waals surface area contributed by atoms with E-state index in [1.54, 1.807) is 14.0 Å². The summed E-state index contributed by atoms with van der Waals surface area (Å²) in [5, 5.41) is 11.4. The van der Waals surface area contributed by atoms with Gasteiger partial charge in [-0.05, 0) is 55.0 Å². The van der Waals surface area contributed by atoms with Crippen LogP contribution in [-0.4, -0.2) is 36.3 Å². The molecule has 2 N–H and O–H groups in total. The van der Waals surface area contributed by atoms with Crippen LogP contribution in [0.4, 0.5) is 0 Å². The van der Waals surface area contributed by atoms with E-state index in [1.807, 2.05) is 48.5 Å². The average Bonchev–Trinajstić information content (AvgIpc) is 3.32. The van der Waals surface area contributed by atoms with Crippen LogP contribution in [0.25, 0.3) is 0 Å². The largest absolute Gasteiger partial charge is 0.384 e. The Morgan fingerprint density at radius 3 is 2.78 bits per heavy atom. The minimum absolute atomic E-state index is 0.0154. The van der Waals surface area contributed by atoms with E-state index in [0.717, 1.165) is 34.9 Å². The van der Waals surface area contributed by atoms with Crippen LogP contribution in [0.15, 0.2) is 53.0 Å². The molecule has 0 aromatic heterocycles. The van der Waals surface area contributed by atoms with Crippen LogP contribution in [0.5, 0.6) is 0 Å². The van der Waals surface area contributed by atoms with Crippen molar-refractivity contribution in [2.24, 2.45) is 11.8 Å². The molecule has 1 aliphatic heterocycles. The molecule has 1 aliphatic carbocycles. The second-order valence-corrected chi connectivity index (χ2v) is 9.73. The fourth-order valence-corrected chi connectivity index (χ4v) is 5.29. The highest BCUT2D eigenvalue weighted by Crippen LogP contribution is 2.35. The number of halogens is 1. The fourth-order valence-electron chi connectivity index (χ4n) is 4.89. The molecule has 2 aromatic rings. The van der Waals surface area contributed by atoms with Crippen LogP contribution in [0.3, 0.4) is 0 Å². The summed E-state index contributed by atoms with van der Waals surface area (Å²) in [6.45, 7) is 2.64. The molecule has 1 amide bonds. The summed E-state index contributed by atoms with van der Waals surface area (Å²) in [5.41, 5.74) is 1.27. The Labute approximate surface area is 197 Å². The number of methoxy groups -OCH3 is 1. The number of ether oxygens (including phenoxy) is 1. The van der Waals surface area contributed by atoms with Gasteiger partial charge in [-0.25, -0.2) is 0 Å². The number of ketones is 1. The number of Topliss-reactive ketones (excluding diaryl/α,β-unsaturated/α-hetero) is 1.